The van der Waals surface area contributed by atoms with Crippen LogP contribution in [0.1, 0.15) is 15.9 Å². The third-order valence-electron chi connectivity index (χ3n) is 5.18. The predicted molar refractivity (Wildman–Crippen MR) is 132 cm³/mol. The maximum Gasteiger partial charge on any atom is 0.255 e. The molecule has 0 saturated heterocycles. The van der Waals surface area contributed by atoms with Gasteiger partial charge in [-0.05, 0) is 54.1 Å². The number of benzene rings is 4. The summed E-state index contributed by atoms with van der Waals surface area (Å²) in [5.41, 5.74) is 1.73. The molecule has 4 aromatic rings. The van der Waals surface area contributed by atoms with Gasteiger partial charge < -0.3 is 10.1 Å². The molecule has 4 aromatic carbocycles. The van der Waals surface area contributed by atoms with Crippen LogP contribution in [-0.4, -0.2) is 25.7 Å². The maximum absolute atomic E-state index is 12.9. The highest BCUT2D eigenvalue weighted by Gasteiger charge is 2.21. The van der Waals surface area contributed by atoms with Crippen molar-refractivity contribution in [2.24, 2.45) is 0 Å². The van der Waals surface area contributed by atoms with Gasteiger partial charge in [-0.25, -0.2) is 8.42 Å². The first kappa shape index (κ1) is 23.2. The number of rotatable bonds is 8. The highest BCUT2D eigenvalue weighted by atomic mass is 32.2. The summed E-state index contributed by atoms with van der Waals surface area (Å²) < 4.78 is 33.0. The SMILES string of the molecule is CN(Cc1ccccc1)S(=O)(=O)c1ccc(C(=O)Nc2ccccc2Oc2ccccc2)cc1. The van der Waals surface area contributed by atoms with Gasteiger partial charge in [-0.3, -0.25) is 4.79 Å². The van der Waals surface area contributed by atoms with Crippen LogP contribution >= 0.6 is 0 Å². The van der Waals surface area contributed by atoms with E-state index >= 15 is 0 Å². The topological polar surface area (TPSA) is 75.7 Å². The van der Waals surface area contributed by atoms with Gasteiger partial charge in [0.05, 0.1) is 10.6 Å². The van der Waals surface area contributed by atoms with Crippen LogP contribution in [0.5, 0.6) is 11.5 Å². The number of anilines is 1. The van der Waals surface area contributed by atoms with Crippen LogP contribution in [0.15, 0.2) is 114 Å². The molecule has 7 heteroatoms. The summed E-state index contributed by atoms with van der Waals surface area (Å²) in [7, 11) is -2.16. The number of carbonyl (C=O) groups excluding carboxylic acids is 1. The predicted octanol–water partition coefficient (Wildman–Crippen LogP) is 5.55. The number of nitrogens with one attached hydrogen (secondary N) is 1. The van der Waals surface area contributed by atoms with Gasteiger partial charge in [-0.2, -0.15) is 4.31 Å². The lowest BCUT2D eigenvalue weighted by Crippen LogP contribution is -2.26. The van der Waals surface area contributed by atoms with Crippen LogP contribution in [0, 0.1) is 0 Å². The Hall–Kier alpha value is -3.94. The molecule has 6 nitrogen and oxygen atoms in total. The van der Waals surface area contributed by atoms with Crippen LogP contribution < -0.4 is 10.1 Å². The molecule has 0 aliphatic rings. The summed E-state index contributed by atoms with van der Waals surface area (Å²) in [6.45, 7) is 0.254. The summed E-state index contributed by atoms with van der Waals surface area (Å²) in [6.07, 6.45) is 0. The van der Waals surface area contributed by atoms with Gasteiger partial charge in [0.25, 0.3) is 5.91 Å². The fraction of sp³-hybridized carbons (Fsp3) is 0.0741. The Morgan fingerprint density at radius 1 is 0.794 bits per heavy atom. The highest BCUT2D eigenvalue weighted by molar-refractivity contribution is 7.89. The fourth-order valence-electron chi connectivity index (χ4n) is 3.35. The third kappa shape index (κ3) is 5.51. The standard InChI is InChI=1S/C27H24N2O4S/c1-29(20-21-10-4-2-5-11-21)34(31,32)24-18-16-22(17-19-24)27(30)28-25-14-8-9-15-26(25)33-23-12-6-3-7-13-23/h2-19H,20H2,1H3,(H,28,30). The van der Waals surface area contributed by atoms with Crippen molar-refractivity contribution in [3.8, 4) is 11.5 Å². The normalized spacial score (nSPS) is 11.2. The number of amides is 1. The second-order valence-corrected chi connectivity index (χ2v) is 9.68. The monoisotopic (exact) mass is 472 g/mol. The van der Waals surface area contributed by atoms with Crippen molar-refractivity contribution in [1.29, 1.82) is 0 Å². The average molecular weight is 473 g/mol. The van der Waals surface area contributed by atoms with E-state index in [4.69, 9.17) is 4.74 Å². The van der Waals surface area contributed by atoms with Crippen molar-refractivity contribution in [1.82, 2.24) is 4.31 Å². The molecule has 0 spiro atoms. The van der Waals surface area contributed by atoms with E-state index in [0.717, 1.165) is 5.56 Å². The highest BCUT2D eigenvalue weighted by Crippen LogP contribution is 2.29. The molecule has 0 unspecified atom stereocenters. The van der Waals surface area contributed by atoms with Gasteiger partial charge in [0.15, 0.2) is 5.75 Å². The van der Waals surface area contributed by atoms with E-state index in [2.05, 4.69) is 5.32 Å². The number of carbonyl (C=O) groups is 1. The second kappa shape index (κ2) is 10.3. The average Bonchev–Trinajstić information content (AvgIpc) is 2.86. The van der Waals surface area contributed by atoms with Crippen LogP contribution in [0.25, 0.3) is 0 Å². The quantitative estimate of drug-likeness (QED) is 0.365. The molecule has 4 rings (SSSR count). The van der Waals surface area contributed by atoms with Gasteiger partial charge in [0, 0.05) is 19.2 Å². The third-order valence-corrected chi connectivity index (χ3v) is 7.00. The molecule has 172 valence electrons. The van der Waals surface area contributed by atoms with Gasteiger partial charge in [-0.15, -0.1) is 0 Å². The summed E-state index contributed by atoms with van der Waals surface area (Å²) in [4.78, 5) is 12.9. The largest absolute Gasteiger partial charge is 0.455 e. The Morgan fingerprint density at radius 3 is 2.06 bits per heavy atom. The first-order valence-electron chi connectivity index (χ1n) is 10.7. The van der Waals surface area contributed by atoms with Crippen molar-refractivity contribution in [3.05, 3.63) is 120 Å². The van der Waals surface area contributed by atoms with E-state index in [1.807, 2.05) is 66.7 Å². The van der Waals surface area contributed by atoms with Gasteiger partial charge >= 0.3 is 0 Å². The first-order chi connectivity index (χ1) is 16.4. The van der Waals surface area contributed by atoms with E-state index in [1.165, 1.54) is 35.6 Å². The molecule has 0 aliphatic carbocycles. The number of sulfonamides is 1. The Bertz CT molecular complexity index is 1360. The molecule has 1 amide bonds. The van der Waals surface area contributed by atoms with Crippen molar-refractivity contribution in [2.45, 2.75) is 11.4 Å². The minimum atomic E-state index is -3.70. The van der Waals surface area contributed by atoms with Crippen LogP contribution in [-0.2, 0) is 16.6 Å². The molecule has 0 bridgehead atoms. The summed E-state index contributed by atoms with van der Waals surface area (Å²) in [6, 6.07) is 31.6. The summed E-state index contributed by atoms with van der Waals surface area (Å²) >= 11 is 0. The zero-order chi connectivity index (χ0) is 24.0. The van der Waals surface area contributed by atoms with Crippen molar-refractivity contribution in [2.75, 3.05) is 12.4 Å². The zero-order valence-electron chi connectivity index (χ0n) is 18.6. The Labute approximate surface area is 199 Å². The molecule has 0 fully saturated rings. The smallest absolute Gasteiger partial charge is 0.255 e. The number of hydrogen-bond acceptors (Lipinski definition) is 4. The molecule has 0 atom stereocenters. The van der Waals surface area contributed by atoms with E-state index in [0.29, 0.717) is 22.7 Å². The summed E-state index contributed by atoms with van der Waals surface area (Å²) in [5.74, 6) is 0.785. The van der Waals surface area contributed by atoms with Crippen LogP contribution in [0.2, 0.25) is 0 Å². The molecular weight excluding hydrogens is 448 g/mol. The number of nitrogens with zero attached hydrogens (tertiary/aromatic N) is 1. The van der Waals surface area contributed by atoms with Gasteiger partial charge in [0.2, 0.25) is 10.0 Å². The van der Waals surface area contributed by atoms with Gasteiger partial charge in [-0.1, -0.05) is 60.7 Å². The van der Waals surface area contributed by atoms with Crippen LogP contribution in [0.3, 0.4) is 0 Å². The molecule has 0 aromatic heterocycles. The lowest BCUT2D eigenvalue weighted by Gasteiger charge is -2.17. The Balaban J connectivity index is 1.47. The minimum Gasteiger partial charge on any atom is -0.455 e. The molecule has 0 aliphatic heterocycles. The fourth-order valence-corrected chi connectivity index (χ4v) is 4.51. The van der Waals surface area contributed by atoms with Crippen LogP contribution in [0.4, 0.5) is 5.69 Å². The van der Waals surface area contributed by atoms with Gasteiger partial charge in [0.1, 0.15) is 5.75 Å². The van der Waals surface area contributed by atoms with Crippen molar-refractivity contribution < 1.29 is 17.9 Å². The number of ether oxygens (including phenoxy) is 1. The first-order valence-corrected chi connectivity index (χ1v) is 12.1. The van der Waals surface area contributed by atoms with Crippen molar-refractivity contribution >= 4 is 21.6 Å². The lowest BCUT2D eigenvalue weighted by molar-refractivity contribution is 0.102. The van der Waals surface area contributed by atoms with Crippen molar-refractivity contribution in [3.63, 3.8) is 0 Å². The Kier molecular flexibility index (Phi) is 7.06. The Morgan fingerprint density at radius 2 is 1.38 bits per heavy atom. The van der Waals surface area contributed by atoms with E-state index in [9.17, 15) is 13.2 Å². The summed E-state index contributed by atoms with van der Waals surface area (Å²) in [5, 5.41) is 2.84. The molecule has 0 saturated carbocycles. The minimum absolute atomic E-state index is 0.121. The number of hydrogen-bond donors (Lipinski definition) is 1. The lowest BCUT2D eigenvalue weighted by atomic mass is 10.2. The maximum atomic E-state index is 12.9. The number of para-hydroxylation sites is 3. The molecule has 1 N–H and O–H groups in total. The molecule has 34 heavy (non-hydrogen) atoms. The van der Waals surface area contributed by atoms with E-state index < -0.39 is 10.0 Å². The van der Waals surface area contributed by atoms with E-state index in [-0.39, 0.29) is 17.3 Å². The second-order valence-electron chi connectivity index (χ2n) is 7.64. The molecular formula is C27H24N2O4S. The van der Waals surface area contributed by atoms with E-state index in [1.54, 1.807) is 18.2 Å². The molecule has 0 heterocycles. The zero-order valence-corrected chi connectivity index (χ0v) is 19.4. The molecule has 0 radical (unpaired) electrons.